The largest absolute Gasteiger partial charge is 0.466 e. The molecule has 2 aromatic rings. The predicted molar refractivity (Wildman–Crippen MR) is 148 cm³/mol. The molecule has 214 valence electrons. The van der Waals surface area contributed by atoms with Gasteiger partial charge in [-0.1, -0.05) is 17.7 Å². The van der Waals surface area contributed by atoms with E-state index in [0.717, 1.165) is 0 Å². The van der Waals surface area contributed by atoms with E-state index in [9.17, 15) is 14.0 Å². The fourth-order valence-corrected chi connectivity index (χ4v) is 5.97. The van der Waals surface area contributed by atoms with Crippen LogP contribution in [0.5, 0.6) is 0 Å². The van der Waals surface area contributed by atoms with Crippen LogP contribution in [0.3, 0.4) is 0 Å². The number of morpholine rings is 1. The summed E-state index contributed by atoms with van der Waals surface area (Å²) in [6, 6.07) is 2.89. The highest BCUT2D eigenvalue weighted by atomic mass is 35.5. The van der Waals surface area contributed by atoms with E-state index in [1.54, 1.807) is 11.1 Å². The zero-order valence-electron chi connectivity index (χ0n) is 22.6. The Morgan fingerprint density at radius 1 is 1.25 bits per heavy atom. The van der Waals surface area contributed by atoms with Gasteiger partial charge in [0, 0.05) is 47.5 Å². The molecular formula is C27H31ClFN5O5S. The van der Waals surface area contributed by atoms with Gasteiger partial charge >= 0.3 is 12.1 Å². The molecule has 13 heteroatoms. The number of aromatic nitrogens is 1. The fraction of sp³-hybridized carbons (Fsp3) is 0.481. The molecule has 3 aliphatic heterocycles. The van der Waals surface area contributed by atoms with E-state index in [2.05, 4.69) is 15.2 Å². The number of amides is 1. The monoisotopic (exact) mass is 591 g/mol. The number of nitrogens with one attached hydrogen (secondary N) is 1. The van der Waals surface area contributed by atoms with Crippen LogP contribution >= 0.6 is 22.9 Å². The smallest absolute Gasteiger partial charge is 0.410 e. The summed E-state index contributed by atoms with van der Waals surface area (Å²) in [7, 11) is 1.30. The van der Waals surface area contributed by atoms with E-state index in [1.165, 1.54) is 36.6 Å². The van der Waals surface area contributed by atoms with Gasteiger partial charge in [0.05, 0.1) is 38.0 Å². The van der Waals surface area contributed by atoms with E-state index in [-0.39, 0.29) is 28.8 Å². The number of thiazole rings is 1. The van der Waals surface area contributed by atoms with Crippen LogP contribution < -0.4 is 5.32 Å². The SMILES string of the molecule is COC(=O)C1=C(CN2C3COCC2CN(C(=O)OC(C)(C)C)C3)NC(c2nccs2)=N[C@H]1c1ccc(F)cc1Cl. The maximum atomic E-state index is 13.9. The number of amidine groups is 1. The molecule has 0 spiro atoms. The minimum atomic E-state index is -0.852. The van der Waals surface area contributed by atoms with Crippen LogP contribution in [0.25, 0.3) is 0 Å². The molecule has 3 aliphatic rings. The van der Waals surface area contributed by atoms with Crippen molar-refractivity contribution >= 4 is 40.8 Å². The lowest BCUT2D eigenvalue weighted by atomic mass is 9.94. The number of hydrogen-bond acceptors (Lipinski definition) is 10. The summed E-state index contributed by atoms with van der Waals surface area (Å²) in [5.74, 6) is -0.605. The van der Waals surface area contributed by atoms with Crippen LogP contribution in [0.2, 0.25) is 5.02 Å². The third kappa shape index (κ3) is 5.99. The van der Waals surface area contributed by atoms with Gasteiger partial charge in [-0.05, 0) is 32.9 Å². The summed E-state index contributed by atoms with van der Waals surface area (Å²) < 4.78 is 30.6. The van der Waals surface area contributed by atoms with E-state index in [4.69, 9.17) is 30.8 Å². The number of methoxy groups -OCH3 is 1. The lowest BCUT2D eigenvalue weighted by Gasteiger charge is -2.50. The minimum absolute atomic E-state index is 0.136. The van der Waals surface area contributed by atoms with Crippen molar-refractivity contribution in [1.29, 1.82) is 0 Å². The normalized spacial score (nSPS) is 23.4. The van der Waals surface area contributed by atoms with Gasteiger partial charge in [0.1, 0.15) is 17.5 Å². The summed E-state index contributed by atoms with van der Waals surface area (Å²) in [6.45, 7) is 7.49. The van der Waals surface area contributed by atoms with Gasteiger partial charge in [-0.25, -0.2) is 19.0 Å². The first kappa shape index (κ1) is 28.5. The average molecular weight is 592 g/mol. The molecule has 5 rings (SSSR count). The highest BCUT2D eigenvalue weighted by molar-refractivity contribution is 7.11. The molecule has 3 atom stereocenters. The minimum Gasteiger partial charge on any atom is -0.466 e. The molecule has 0 radical (unpaired) electrons. The van der Waals surface area contributed by atoms with Gasteiger partial charge in [-0.3, -0.25) is 9.89 Å². The molecule has 1 aromatic carbocycles. The predicted octanol–water partition coefficient (Wildman–Crippen LogP) is 3.77. The van der Waals surface area contributed by atoms with Crippen LogP contribution in [0, 0.1) is 5.82 Å². The zero-order valence-corrected chi connectivity index (χ0v) is 24.2. The van der Waals surface area contributed by atoms with E-state index in [0.29, 0.717) is 55.0 Å². The molecule has 2 saturated heterocycles. The van der Waals surface area contributed by atoms with E-state index < -0.39 is 23.4 Å². The van der Waals surface area contributed by atoms with Gasteiger partial charge in [0.15, 0.2) is 10.8 Å². The second-order valence-corrected chi connectivity index (χ2v) is 12.1. The Bertz CT molecular complexity index is 1330. The van der Waals surface area contributed by atoms with Crippen molar-refractivity contribution in [2.45, 2.75) is 44.5 Å². The number of aliphatic imine (C=N–C) groups is 1. The molecule has 2 fully saturated rings. The lowest BCUT2D eigenvalue weighted by Crippen LogP contribution is -2.66. The molecule has 2 unspecified atom stereocenters. The summed E-state index contributed by atoms with van der Waals surface area (Å²) in [5.41, 5.74) is 0.702. The molecular weight excluding hydrogens is 561 g/mol. The number of carbonyl (C=O) groups is 2. The zero-order chi connectivity index (χ0) is 28.6. The first-order valence-corrected chi connectivity index (χ1v) is 14.1. The number of fused-ring (bicyclic) bond motifs is 2. The van der Waals surface area contributed by atoms with Crippen LogP contribution in [-0.4, -0.2) is 90.3 Å². The first-order valence-electron chi connectivity index (χ1n) is 12.9. The number of rotatable bonds is 5. The van der Waals surface area contributed by atoms with Crippen molar-refractivity contribution in [3.05, 3.63) is 62.5 Å². The van der Waals surface area contributed by atoms with Gasteiger partial charge < -0.3 is 24.4 Å². The fourth-order valence-electron chi connectivity index (χ4n) is 5.11. The average Bonchev–Trinajstić information content (AvgIpc) is 3.42. The van der Waals surface area contributed by atoms with Crippen molar-refractivity contribution in [2.24, 2.45) is 4.99 Å². The second-order valence-electron chi connectivity index (χ2n) is 10.8. The highest BCUT2D eigenvalue weighted by Crippen LogP contribution is 2.37. The molecule has 1 N–H and O–H groups in total. The number of halogens is 2. The van der Waals surface area contributed by atoms with Gasteiger partial charge in [-0.2, -0.15) is 0 Å². The molecule has 4 heterocycles. The Kier molecular flexibility index (Phi) is 8.14. The summed E-state index contributed by atoms with van der Waals surface area (Å²) in [5, 5.41) is 5.93. The molecule has 10 nitrogen and oxygen atoms in total. The number of hydrogen-bond donors (Lipinski definition) is 1. The summed E-state index contributed by atoms with van der Waals surface area (Å²) in [4.78, 5) is 39.2. The van der Waals surface area contributed by atoms with Crippen LogP contribution in [0.4, 0.5) is 9.18 Å². The summed E-state index contributed by atoms with van der Waals surface area (Å²) >= 11 is 7.86. The molecule has 1 aromatic heterocycles. The van der Waals surface area contributed by atoms with Gasteiger partial charge in [0.2, 0.25) is 0 Å². The Hall–Kier alpha value is -3.06. The van der Waals surface area contributed by atoms with Gasteiger partial charge in [-0.15, -0.1) is 11.3 Å². The van der Waals surface area contributed by atoms with E-state index in [1.807, 2.05) is 26.2 Å². The Balaban J connectivity index is 1.51. The number of nitrogens with zero attached hydrogens (tertiary/aromatic N) is 4. The van der Waals surface area contributed by atoms with E-state index >= 15 is 0 Å². The maximum absolute atomic E-state index is 13.9. The number of esters is 1. The molecule has 0 saturated carbocycles. The quantitative estimate of drug-likeness (QED) is 0.524. The molecule has 40 heavy (non-hydrogen) atoms. The number of carbonyl (C=O) groups excluding carboxylic acids is 2. The van der Waals surface area contributed by atoms with Crippen LogP contribution in [0.15, 0.2) is 46.0 Å². The first-order chi connectivity index (χ1) is 19.0. The van der Waals surface area contributed by atoms with Crippen molar-refractivity contribution in [2.75, 3.05) is 40.0 Å². The van der Waals surface area contributed by atoms with Crippen molar-refractivity contribution in [3.8, 4) is 0 Å². The van der Waals surface area contributed by atoms with Crippen LogP contribution in [-0.2, 0) is 19.0 Å². The highest BCUT2D eigenvalue weighted by Gasteiger charge is 2.43. The molecule has 0 aliphatic carbocycles. The van der Waals surface area contributed by atoms with Crippen LogP contribution in [0.1, 0.15) is 37.4 Å². The topological polar surface area (TPSA) is 106 Å². The van der Waals surface area contributed by atoms with Crippen molar-refractivity contribution < 1.29 is 28.2 Å². The standard InChI is InChI=1S/C27H31ClFN5O5S/c1-27(2,3)39-26(36)33-10-16-13-38-14-17(11-33)34(16)12-20-21(25(35)37-4)22(18-6-5-15(29)9-19(18)28)32-23(31-20)24-30-7-8-40-24/h5-9,16-17,22H,10-14H2,1-4H3,(H,31,32)/t16?,17?,22-/m0/s1. The third-order valence-electron chi connectivity index (χ3n) is 6.84. The van der Waals surface area contributed by atoms with Crippen molar-refractivity contribution in [3.63, 3.8) is 0 Å². The third-order valence-corrected chi connectivity index (χ3v) is 7.94. The summed E-state index contributed by atoms with van der Waals surface area (Å²) in [6.07, 6.45) is 1.31. The number of benzene rings is 1. The second kappa shape index (κ2) is 11.4. The van der Waals surface area contributed by atoms with Crippen molar-refractivity contribution in [1.82, 2.24) is 20.1 Å². The number of piperazine rings is 1. The Morgan fingerprint density at radius 3 is 2.58 bits per heavy atom. The Morgan fingerprint density at radius 2 is 1.98 bits per heavy atom. The Labute approximate surface area is 240 Å². The maximum Gasteiger partial charge on any atom is 0.410 e. The number of ether oxygens (including phenoxy) is 3. The molecule has 1 amide bonds. The lowest BCUT2D eigenvalue weighted by molar-refractivity contribution is -0.136. The molecule has 2 bridgehead atoms. The van der Waals surface area contributed by atoms with Gasteiger partial charge in [0.25, 0.3) is 0 Å².